The Hall–Kier alpha value is -3.99. The van der Waals surface area contributed by atoms with Gasteiger partial charge in [-0.15, -0.1) is 11.3 Å². The highest BCUT2D eigenvalue weighted by atomic mass is 32.1. The van der Waals surface area contributed by atoms with E-state index < -0.39 is 0 Å². The lowest BCUT2D eigenvalue weighted by atomic mass is 10.0. The van der Waals surface area contributed by atoms with Crippen molar-refractivity contribution in [3.05, 3.63) is 99.4 Å². The first-order valence-electron chi connectivity index (χ1n) is 12.3. The molecule has 1 fully saturated rings. The number of carbonyl (C=O) groups excluding carboxylic acids is 1. The molecule has 37 heavy (non-hydrogen) atoms. The van der Waals surface area contributed by atoms with Gasteiger partial charge < -0.3 is 15.0 Å². The first kappa shape index (κ1) is 24.7. The lowest BCUT2D eigenvalue weighted by molar-refractivity contribution is 0.0642. The number of pyridine rings is 1. The molecule has 1 N–H and O–H groups in total. The molecule has 0 spiro atoms. The highest BCUT2D eigenvalue weighted by Crippen LogP contribution is 2.38. The summed E-state index contributed by atoms with van der Waals surface area (Å²) >= 11 is 1.45. The third-order valence-corrected chi connectivity index (χ3v) is 7.49. The molecule has 2 aromatic carbocycles. The number of hydrogen-bond donors (Lipinski definition) is 1. The van der Waals surface area contributed by atoms with E-state index in [0.717, 1.165) is 41.9 Å². The molecule has 7 heteroatoms. The van der Waals surface area contributed by atoms with E-state index in [1.165, 1.54) is 16.9 Å². The van der Waals surface area contributed by atoms with Gasteiger partial charge in [0.1, 0.15) is 17.4 Å². The Balaban J connectivity index is 1.47. The van der Waals surface area contributed by atoms with Gasteiger partial charge >= 0.3 is 0 Å². The number of benzene rings is 2. The molecule has 1 saturated heterocycles. The van der Waals surface area contributed by atoms with Crippen molar-refractivity contribution in [2.45, 2.75) is 26.3 Å². The van der Waals surface area contributed by atoms with Crippen LogP contribution in [0.4, 0.5) is 0 Å². The molecule has 0 saturated carbocycles. The van der Waals surface area contributed by atoms with Gasteiger partial charge in [0.2, 0.25) is 5.88 Å². The van der Waals surface area contributed by atoms with Gasteiger partial charge in [-0.25, -0.2) is 4.98 Å². The van der Waals surface area contributed by atoms with Crippen LogP contribution in [-0.2, 0) is 6.42 Å². The predicted octanol–water partition coefficient (Wildman–Crippen LogP) is 5.75. The Labute approximate surface area is 221 Å². The molecule has 3 heterocycles. The summed E-state index contributed by atoms with van der Waals surface area (Å²) in [7, 11) is 0. The molecule has 6 nitrogen and oxygen atoms in total. The summed E-state index contributed by atoms with van der Waals surface area (Å²) < 4.78 is 6.23. The SMILES string of the molecule is Cc1cc(C)c(C#N)c(Oc2ccccc2-c2ccsc2C(=O)N2CCNCC2Cc2ccccc2)n1. The lowest BCUT2D eigenvalue weighted by Crippen LogP contribution is -2.54. The molecule has 4 aromatic rings. The number of nitriles is 1. The zero-order valence-electron chi connectivity index (χ0n) is 20.9. The van der Waals surface area contributed by atoms with Gasteiger partial charge in [0.15, 0.2) is 0 Å². The number of aromatic nitrogens is 1. The van der Waals surface area contributed by atoms with Crippen molar-refractivity contribution in [3.63, 3.8) is 0 Å². The van der Waals surface area contributed by atoms with Crippen molar-refractivity contribution in [1.82, 2.24) is 15.2 Å². The van der Waals surface area contributed by atoms with Crippen molar-refractivity contribution < 1.29 is 9.53 Å². The third kappa shape index (κ3) is 5.26. The fraction of sp³-hybridized carbons (Fsp3) is 0.233. The Morgan fingerprint density at radius 1 is 1.14 bits per heavy atom. The minimum atomic E-state index is 0.0319. The van der Waals surface area contributed by atoms with E-state index >= 15 is 0 Å². The van der Waals surface area contributed by atoms with E-state index in [2.05, 4.69) is 28.5 Å². The Morgan fingerprint density at radius 2 is 1.92 bits per heavy atom. The van der Waals surface area contributed by atoms with Crippen LogP contribution in [0.15, 0.2) is 72.1 Å². The molecule has 0 bridgehead atoms. The molecule has 1 unspecified atom stereocenters. The number of rotatable bonds is 6. The molecular weight excluding hydrogens is 480 g/mol. The van der Waals surface area contributed by atoms with Gasteiger partial charge in [0.25, 0.3) is 5.91 Å². The predicted molar refractivity (Wildman–Crippen MR) is 146 cm³/mol. The second-order valence-electron chi connectivity index (χ2n) is 9.18. The summed E-state index contributed by atoms with van der Waals surface area (Å²) in [5.41, 5.74) is 4.84. The normalized spacial score (nSPS) is 15.3. The van der Waals surface area contributed by atoms with E-state index in [1.807, 2.05) is 78.7 Å². The second kappa shape index (κ2) is 11.0. The minimum Gasteiger partial charge on any atom is -0.437 e. The summed E-state index contributed by atoms with van der Waals surface area (Å²) in [4.78, 5) is 21.1. The van der Waals surface area contributed by atoms with Crippen LogP contribution in [0.3, 0.4) is 0 Å². The molecule has 2 aromatic heterocycles. The van der Waals surface area contributed by atoms with Crippen molar-refractivity contribution in [2.24, 2.45) is 0 Å². The largest absolute Gasteiger partial charge is 0.437 e. The molecular formula is C30H28N4O2S. The quantitative estimate of drug-likeness (QED) is 0.359. The molecule has 1 aliphatic rings. The van der Waals surface area contributed by atoms with Crippen LogP contribution in [0.2, 0.25) is 0 Å². The summed E-state index contributed by atoms with van der Waals surface area (Å²) in [5, 5.41) is 15.1. The van der Waals surface area contributed by atoms with Crippen molar-refractivity contribution in [3.8, 4) is 28.8 Å². The highest BCUT2D eigenvalue weighted by molar-refractivity contribution is 7.12. The summed E-state index contributed by atoms with van der Waals surface area (Å²) in [5.74, 6) is 0.871. The Morgan fingerprint density at radius 3 is 2.73 bits per heavy atom. The summed E-state index contributed by atoms with van der Waals surface area (Å²) in [6.45, 7) is 5.94. The number of aryl methyl sites for hydroxylation is 2. The maximum atomic E-state index is 13.9. The Kier molecular flexibility index (Phi) is 7.31. The maximum Gasteiger partial charge on any atom is 0.264 e. The standard InChI is InChI=1S/C30H28N4O2S/c1-20-16-21(2)33-29(26(20)18-31)36-27-11-7-6-10-24(27)25-12-15-37-28(25)30(35)34-14-13-32-19-23(34)17-22-8-4-3-5-9-22/h3-12,15-16,23,32H,13-14,17,19H2,1-2H3. The molecule has 5 rings (SSSR count). The number of nitrogens with one attached hydrogen (secondary N) is 1. The molecule has 1 atom stereocenters. The van der Waals surface area contributed by atoms with E-state index in [1.54, 1.807) is 0 Å². The average Bonchev–Trinajstić information content (AvgIpc) is 3.39. The van der Waals surface area contributed by atoms with Gasteiger partial charge in [0.05, 0.1) is 4.88 Å². The number of ether oxygens (including phenoxy) is 1. The third-order valence-electron chi connectivity index (χ3n) is 6.59. The number of amides is 1. The summed E-state index contributed by atoms with van der Waals surface area (Å²) in [6, 6.07) is 24.0. The van der Waals surface area contributed by atoms with Crippen LogP contribution in [0.25, 0.3) is 11.1 Å². The van der Waals surface area contributed by atoms with Gasteiger partial charge in [0, 0.05) is 42.5 Å². The van der Waals surface area contributed by atoms with E-state index in [-0.39, 0.29) is 17.8 Å². The second-order valence-corrected chi connectivity index (χ2v) is 10.1. The van der Waals surface area contributed by atoms with Crippen molar-refractivity contribution >= 4 is 17.2 Å². The number of thiophene rings is 1. The average molecular weight is 509 g/mol. The molecule has 1 amide bonds. The first-order valence-corrected chi connectivity index (χ1v) is 13.2. The summed E-state index contributed by atoms with van der Waals surface area (Å²) in [6.07, 6.45) is 0.801. The molecule has 0 radical (unpaired) electrons. The number of piperazine rings is 1. The zero-order valence-corrected chi connectivity index (χ0v) is 21.7. The fourth-order valence-corrected chi connectivity index (χ4v) is 5.67. The van der Waals surface area contributed by atoms with Crippen LogP contribution in [0, 0.1) is 25.2 Å². The monoisotopic (exact) mass is 508 g/mol. The molecule has 0 aliphatic carbocycles. The van der Waals surface area contributed by atoms with Crippen LogP contribution in [0.1, 0.15) is 32.1 Å². The molecule has 186 valence electrons. The number of carbonyl (C=O) groups is 1. The van der Waals surface area contributed by atoms with Crippen molar-refractivity contribution in [2.75, 3.05) is 19.6 Å². The lowest BCUT2D eigenvalue weighted by Gasteiger charge is -2.36. The Bertz CT molecular complexity index is 1460. The minimum absolute atomic E-state index is 0.0319. The number of para-hydroxylation sites is 1. The van der Waals surface area contributed by atoms with Crippen LogP contribution < -0.4 is 10.1 Å². The smallest absolute Gasteiger partial charge is 0.264 e. The van der Waals surface area contributed by atoms with Crippen LogP contribution in [0.5, 0.6) is 11.6 Å². The maximum absolute atomic E-state index is 13.9. The zero-order chi connectivity index (χ0) is 25.8. The van der Waals surface area contributed by atoms with Gasteiger partial charge in [-0.05, 0) is 55.0 Å². The molecule has 1 aliphatic heterocycles. The van der Waals surface area contributed by atoms with Gasteiger partial charge in [-0.1, -0.05) is 48.5 Å². The van der Waals surface area contributed by atoms with E-state index in [4.69, 9.17) is 4.74 Å². The van der Waals surface area contributed by atoms with E-state index in [9.17, 15) is 10.1 Å². The number of hydrogen-bond acceptors (Lipinski definition) is 6. The fourth-order valence-electron chi connectivity index (χ4n) is 4.81. The van der Waals surface area contributed by atoms with Crippen LogP contribution >= 0.6 is 11.3 Å². The highest BCUT2D eigenvalue weighted by Gasteiger charge is 2.30. The topological polar surface area (TPSA) is 78.2 Å². The van der Waals surface area contributed by atoms with Gasteiger partial charge in [-0.2, -0.15) is 5.26 Å². The first-order chi connectivity index (χ1) is 18.0. The van der Waals surface area contributed by atoms with Crippen molar-refractivity contribution in [1.29, 1.82) is 5.26 Å². The van der Waals surface area contributed by atoms with Crippen LogP contribution in [-0.4, -0.2) is 41.5 Å². The van der Waals surface area contributed by atoms with E-state index in [0.29, 0.717) is 22.7 Å². The van der Waals surface area contributed by atoms with Gasteiger partial charge in [-0.3, -0.25) is 4.79 Å². The number of nitrogens with zero attached hydrogens (tertiary/aromatic N) is 3.